The van der Waals surface area contributed by atoms with Crippen LogP contribution in [0.5, 0.6) is 5.75 Å². The van der Waals surface area contributed by atoms with Crippen molar-refractivity contribution in [3.8, 4) is 5.75 Å². The second-order valence-electron chi connectivity index (χ2n) is 8.44. The number of nitrogens with zero attached hydrogens (tertiary/aromatic N) is 3. The van der Waals surface area contributed by atoms with Crippen molar-refractivity contribution in [3.63, 3.8) is 0 Å². The van der Waals surface area contributed by atoms with Crippen LogP contribution in [0.3, 0.4) is 0 Å². The van der Waals surface area contributed by atoms with E-state index in [1.54, 1.807) is 7.11 Å². The largest absolute Gasteiger partial charge is 0.497 e. The van der Waals surface area contributed by atoms with Crippen molar-refractivity contribution in [2.45, 2.75) is 85.2 Å². The van der Waals surface area contributed by atoms with Crippen LogP contribution in [0, 0.1) is 0 Å². The summed E-state index contributed by atoms with van der Waals surface area (Å²) in [5.74, 6) is 0.967. The summed E-state index contributed by atoms with van der Waals surface area (Å²) in [5.41, 5.74) is 2.94. The van der Waals surface area contributed by atoms with Gasteiger partial charge in [-0.1, -0.05) is 26.8 Å². The first-order valence-electron chi connectivity index (χ1n) is 12.9. The van der Waals surface area contributed by atoms with E-state index in [-0.39, 0.29) is 6.03 Å². The molecule has 0 spiro atoms. The van der Waals surface area contributed by atoms with Crippen LogP contribution in [0.15, 0.2) is 18.2 Å². The molecule has 5 nitrogen and oxygen atoms in total. The number of carbonyl (C=O) groups is 1. The molecule has 1 fully saturated rings. The highest BCUT2D eigenvalue weighted by molar-refractivity contribution is 5.74. The predicted molar refractivity (Wildman–Crippen MR) is 137 cm³/mol. The van der Waals surface area contributed by atoms with Gasteiger partial charge in [-0.05, 0) is 82.2 Å². The zero-order valence-electron chi connectivity index (χ0n) is 22.2. The van der Waals surface area contributed by atoms with Crippen molar-refractivity contribution in [1.82, 2.24) is 14.7 Å². The predicted octanol–water partition coefficient (Wildman–Crippen LogP) is 5.80. The van der Waals surface area contributed by atoms with Gasteiger partial charge in [-0.3, -0.25) is 9.29 Å². The number of likely N-dealkylation sites (tertiary alicyclic amines) is 1. The molecule has 0 radical (unpaired) electrons. The fourth-order valence-corrected chi connectivity index (χ4v) is 5.13. The molecule has 1 heterocycles. The fourth-order valence-electron chi connectivity index (χ4n) is 5.13. The van der Waals surface area contributed by atoms with Crippen LogP contribution in [0.25, 0.3) is 0 Å². The number of piperidine rings is 1. The van der Waals surface area contributed by atoms with Gasteiger partial charge in [0.05, 0.1) is 14.3 Å². The molecule has 0 N–H and O–H groups in total. The third-order valence-electron chi connectivity index (χ3n) is 6.80. The second-order valence-corrected chi connectivity index (χ2v) is 8.44. The number of hydrogen-bond acceptors (Lipinski definition) is 3. The van der Waals surface area contributed by atoms with Gasteiger partial charge >= 0.3 is 6.03 Å². The Morgan fingerprint density at radius 2 is 1.67 bits per heavy atom. The number of fused-ring (bicyclic) bond motifs is 1. The lowest BCUT2D eigenvalue weighted by Gasteiger charge is -2.44. The second kappa shape index (κ2) is 15.9. The van der Waals surface area contributed by atoms with Gasteiger partial charge in [-0.25, -0.2) is 4.79 Å². The molecule has 190 valence electrons. The molecule has 1 aromatic carbocycles. The van der Waals surface area contributed by atoms with Crippen LogP contribution >= 0.6 is 0 Å². The van der Waals surface area contributed by atoms with E-state index in [9.17, 15) is 9.18 Å². The molecule has 2 amide bonds. The molecule has 0 saturated carbocycles. The van der Waals surface area contributed by atoms with E-state index in [1.807, 2.05) is 18.7 Å². The van der Waals surface area contributed by atoms with Gasteiger partial charge in [0.25, 0.3) is 0 Å². The highest BCUT2D eigenvalue weighted by Gasteiger charge is 2.33. The van der Waals surface area contributed by atoms with Crippen LogP contribution in [0.4, 0.5) is 9.18 Å². The number of amides is 2. The normalized spacial score (nSPS) is 17.8. The van der Waals surface area contributed by atoms with E-state index < -0.39 is 0 Å². The van der Waals surface area contributed by atoms with Crippen LogP contribution in [0.2, 0.25) is 0 Å². The van der Waals surface area contributed by atoms with Crippen molar-refractivity contribution in [2.24, 2.45) is 0 Å². The van der Waals surface area contributed by atoms with Gasteiger partial charge in [-0.15, -0.1) is 0 Å². The topological polar surface area (TPSA) is 36.0 Å². The number of methoxy groups -OCH3 is 1. The molecule has 1 atom stereocenters. The molecule has 1 aliphatic heterocycles. The minimum atomic E-state index is 0.217. The Bertz CT molecular complexity index is 673. The van der Waals surface area contributed by atoms with Crippen LogP contribution in [-0.2, 0) is 12.8 Å². The number of carbonyl (C=O) groups excluding carboxylic acids is 1. The Morgan fingerprint density at radius 3 is 2.21 bits per heavy atom. The average molecular weight is 466 g/mol. The monoisotopic (exact) mass is 465 g/mol. The summed E-state index contributed by atoms with van der Waals surface area (Å²) in [4.78, 5) is 19.5. The van der Waals surface area contributed by atoms with Gasteiger partial charge in [0.2, 0.25) is 0 Å². The minimum absolute atomic E-state index is 0.217. The first kappa shape index (κ1) is 29.2. The smallest absolute Gasteiger partial charge is 0.319 e. The summed E-state index contributed by atoms with van der Waals surface area (Å²) >= 11 is 0. The lowest BCUT2D eigenvalue weighted by atomic mass is 9.86. The van der Waals surface area contributed by atoms with Gasteiger partial charge in [0.15, 0.2) is 0 Å². The van der Waals surface area contributed by atoms with Crippen molar-refractivity contribution in [3.05, 3.63) is 29.3 Å². The molecular formula is C27H48FN3O2. The highest BCUT2D eigenvalue weighted by atomic mass is 19.1. The summed E-state index contributed by atoms with van der Waals surface area (Å²) in [5, 5.41) is 0. The molecule has 33 heavy (non-hydrogen) atoms. The number of benzene rings is 1. The van der Waals surface area contributed by atoms with Crippen LogP contribution in [-0.4, -0.2) is 79.8 Å². The third kappa shape index (κ3) is 7.87. The number of alkyl halides is 1. The Hall–Kier alpha value is -1.82. The number of rotatable bonds is 7. The van der Waals surface area contributed by atoms with E-state index in [0.29, 0.717) is 19.3 Å². The summed E-state index contributed by atoms with van der Waals surface area (Å²) in [7, 11) is 2.25. The standard InChI is InChI=1S/C24H39N3O2.C2H6.CH3F/c1-5-14-27(21-12-15-26(16-13-21)24(28)25(6-2)7-3)22-10-8-19-9-11-23(29-4)18-20(19)17-22;2*1-2/h9,11,18,21-22H,5-8,10,12-17H2,1-4H3;1-2H3;1H3. The number of aryl methyl sites for hydroxylation is 1. The SMILES string of the molecule is CC.CCCN(C1CCN(C(=O)N(CC)CC)CC1)C1CCc2ccc(OC)cc2C1.CF. The van der Waals surface area contributed by atoms with E-state index in [2.05, 4.69) is 48.8 Å². The molecule has 0 bridgehead atoms. The fraction of sp³-hybridized carbons (Fsp3) is 0.741. The van der Waals surface area contributed by atoms with Crippen LogP contribution < -0.4 is 4.74 Å². The Kier molecular flexibility index (Phi) is 14.1. The number of hydrogen-bond donors (Lipinski definition) is 0. The molecular weight excluding hydrogens is 417 g/mol. The Balaban J connectivity index is 0.00000129. The van der Waals surface area contributed by atoms with E-state index in [0.717, 1.165) is 64.2 Å². The number of ether oxygens (including phenoxy) is 1. The maximum Gasteiger partial charge on any atom is 0.319 e. The average Bonchev–Trinajstić information content (AvgIpc) is 2.89. The summed E-state index contributed by atoms with van der Waals surface area (Å²) < 4.78 is 15.0. The van der Waals surface area contributed by atoms with Crippen molar-refractivity contribution >= 4 is 6.03 Å². The lowest BCUT2D eigenvalue weighted by molar-refractivity contribution is 0.0685. The molecule has 3 rings (SSSR count). The summed E-state index contributed by atoms with van der Waals surface area (Å²) in [6.07, 6.45) is 6.87. The van der Waals surface area contributed by atoms with E-state index in [4.69, 9.17) is 4.74 Å². The molecule has 1 saturated heterocycles. The van der Waals surface area contributed by atoms with Gasteiger partial charge in [0, 0.05) is 38.3 Å². The maximum absolute atomic E-state index is 12.7. The van der Waals surface area contributed by atoms with Gasteiger partial charge in [-0.2, -0.15) is 0 Å². The lowest BCUT2D eigenvalue weighted by Crippen LogP contribution is -2.53. The van der Waals surface area contributed by atoms with Crippen molar-refractivity contribution < 1.29 is 13.9 Å². The Labute approximate surface area is 202 Å². The highest BCUT2D eigenvalue weighted by Crippen LogP contribution is 2.31. The molecule has 0 aromatic heterocycles. The number of halogens is 1. The Morgan fingerprint density at radius 1 is 1.03 bits per heavy atom. The van der Waals surface area contributed by atoms with E-state index >= 15 is 0 Å². The maximum atomic E-state index is 12.7. The zero-order chi connectivity index (χ0) is 24.8. The van der Waals surface area contributed by atoms with Crippen LogP contribution in [0.1, 0.15) is 71.4 Å². The molecule has 1 aromatic rings. The first-order chi connectivity index (χ1) is 16.1. The zero-order valence-corrected chi connectivity index (χ0v) is 22.2. The molecule has 1 unspecified atom stereocenters. The summed E-state index contributed by atoms with van der Waals surface area (Å²) in [6, 6.07) is 7.97. The van der Waals surface area contributed by atoms with Gasteiger partial charge in [0.1, 0.15) is 5.75 Å². The van der Waals surface area contributed by atoms with Gasteiger partial charge < -0.3 is 14.5 Å². The quantitative estimate of drug-likeness (QED) is 0.510. The number of urea groups is 1. The first-order valence-corrected chi connectivity index (χ1v) is 12.9. The van der Waals surface area contributed by atoms with E-state index in [1.165, 1.54) is 24.0 Å². The summed E-state index contributed by atoms with van der Waals surface area (Å²) in [6.45, 7) is 14.9. The third-order valence-corrected chi connectivity index (χ3v) is 6.80. The molecule has 1 aliphatic carbocycles. The van der Waals surface area contributed by atoms with Crippen molar-refractivity contribution in [1.29, 1.82) is 0 Å². The molecule has 2 aliphatic rings. The molecule has 6 heteroatoms. The van der Waals surface area contributed by atoms with Crippen molar-refractivity contribution in [2.75, 3.05) is 47.0 Å². The minimum Gasteiger partial charge on any atom is -0.497 e.